The number of rotatable bonds is 2. The molecule has 1 aromatic heterocycles. The molecule has 0 saturated carbocycles. The molecule has 0 aliphatic rings. The maximum Gasteiger partial charge on any atom is 0.129 e. The fraction of sp³-hybridized carbons (Fsp3) is 0.154. The van der Waals surface area contributed by atoms with Crippen LogP contribution in [-0.4, -0.2) is 10.1 Å². The van der Waals surface area contributed by atoms with Gasteiger partial charge in [-0.2, -0.15) is 0 Å². The van der Waals surface area contributed by atoms with E-state index in [-0.39, 0.29) is 5.82 Å². The summed E-state index contributed by atoms with van der Waals surface area (Å²) >= 11 is 11.9. The molecule has 5 heteroatoms. The number of nitrogens with two attached hydrogens (primary N) is 1. The Balaban J connectivity index is 2.44. The van der Waals surface area contributed by atoms with Gasteiger partial charge in [-0.3, -0.25) is 0 Å². The lowest BCUT2D eigenvalue weighted by molar-refractivity contribution is 0.220. The topological polar surface area (TPSA) is 59.1 Å². The Labute approximate surface area is 115 Å². The van der Waals surface area contributed by atoms with Crippen molar-refractivity contribution in [3.8, 4) is 0 Å². The van der Waals surface area contributed by atoms with E-state index in [9.17, 15) is 5.11 Å². The minimum absolute atomic E-state index is 0.253. The number of aliphatic hydroxyl groups is 1. The van der Waals surface area contributed by atoms with Crippen LogP contribution in [0.15, 0.2) is 30.5 Å². The number of nitrogens with zero attached hydrogens (tertiary/aromatic N) is 1. The summed E-state index contributed by atoms with van der Waals surface area (Å²) in [5, 5.41) is 11.3. The first-order valence-electron chi connectivity index (χ1n) is 5.34. The Bertz CT molecular complexity index is 587. The predicted octanol–water partition coefficient (Wildman–Crippen LogP) is 3.36. The molecule has 1 unspecified atom stereocenters. The highest BCUT2D eigenvalue weighted by atomic mass is 35.5. The second-order valence-corrected chi connectivity index (χ2v) is 4.88. The van der Waals surface area contributed by atoms with Crippen LogP contribution in [-0.2, 0) is 0 Å². The summed E-state index contributed by atoms with van der Waals surface area (Å²) in [7, 11) is 0. The van der Waals surface area contributed by atoms with Gasteiger partial charge in [-0.25, -0.2) is 4.98 Å². The quantitative estimate of drug-likeness (QED) is 0.888. The number of anilines is 1. The zero-order valence-corrected chi connectivity index (χ0v) is 11.2. The van der Waals surface area contributed by atoms with Crippen LogP contribution < -0.4 is 5.73 Å². The van der Waals surface area contributed by atoms with E-state index in [1.165, 1.54) is 6.20 Å². The molecule has 18 heavy (non-hydrogen) atoms. The number of aliphatic hydroxyl groups excluding tert-OH is 1. The van der Waals surface area contributed by atoms with Crippen LogP contribution in [0.25, 0.3) is 0 Å². The lowest BCUT2D eigenvalue weighted by Gasteiger charge is -2.14. The summed E-state index contributed by atoms with van der Waals surface area (Å²) in [6, 6.07) is 6.95. The maximum absolute atomic E-state index is 10.3. The van der Waals surface area contributed by atoms with Crippen molar-refractivity contribution in [3.05, 3.63) is 57.2 Å². The first-order chi connectivity index (χ1) is 8.49. The average molecular weight is 283 g/mol. The molecule has 94 valence electrons. The lowest BCUT2D eigenvalue weighted by atomic mass is 10.0. The summed E-state index contributed by atoms with van der Waals surface area (Å²) in [5.41, 5.74) is 7.81. The number of pyridine rings is 1. The molecule has 0 bridgehead atoms. The summed E-state index contributed by atoms with van der Waals surface area (Å²) in [6.07, 6.45) is 0.546. The summed E-state index contributed by atoms with van der Waals surface area (Å²) in [4.78, 5) is 3.92. The SMILES string of the molecule is Cc1ccc(C(O)c2cc(Cl)cnc2N)cc1Cl. The van der Waals surface area contributed by atoms with Gasteiger partial charge >= 0.3 is 0 Å². The second kappa shape index (κ2) is 5.14. The molecule has 1 heterocycles. The number of aryl methyl sites for hydroxylation is 1. The van der Waals surface area contributed by atoms with E-state index in [1.807, 2.05) is 13.0 Å². The van der Waals surface area contributed by atoms with Crippen LogP contribution in [0.3, 0.4) is 0 Å². The number of halogens is 2. The van der Waals surface area contributed by atoms with E-state index in [0.717, 1.165) is 5.56 Å². The Hall–Kier alpha value is -1.29. The van der Waals surface area contributed by atoms with Crippen LogP contribution in [0, 0.1) is 6.92 Å². The maximum atomic E-state index is 10.3. The van der Waals surface area contributed by atoms with Crippen molar-refractivity contribution in [1.29, 1.82) is 0 Å². The third kappa shape index (κ3) is 2.58. The molecular formula is C13H12Cl2N2O. The Morgan fingerprint density at radius 3 is 2.67 bits per heavy atom. The summed E-state index contributed by atoms with van der Waals surface area (Å²) in [6.45, 7) is 1.90. The van der Waals surface area contributed by atoms with Crippen LogP contribution >= 0.6 is 23.2 Å². The van der Waals surface area contributed by atoms with Crippen molar-refractivity contribution in [1.82, 2.24) is 4.98 Å². The normalized spacial score (nSPS) is 12.4. The van der Waals surface area contributed by atoms with Crippen molar-refractivity contribution in [2.24, 2.45) is 0 Å². The highest BCUT2D eigenvalue weighted by Crippen LogP contribution is 2.29. The Kier molecular flexibility index (Phi) is 3.76. The molecule has 0 fully saturated rings. The van der Waals surface area contributed by atoms with Crippen LogP contribution in [0.5, 0.6) is 0 Å². The minimum atomic E-state index is -0.894. The number of hydrogen-bond donors (Lipinski definition) is 2. The highest BCUT2D eigenvalue weighted by molar-refractivity contribution is 6.31. The van der Waals surface area contributed by atoms with E-state index < -0.39 is 6.10 Å². The molecule has 0 saturated heterocycles. The van der Waals surface area contributed by atoms with E-state index >= 15 is 0 Å². The zero-order valence-electron chi connectivity index (χ0n) is 9.69. The van der Waals surface area contributed by atoms with E-state index in [0.29, 0.717) is 21.2 Å². The van der Waals surface area contributed by atoms with Gasteiger partial charge in [0.2, 0.25) is 0 Å². The summed E-state index contributed by atoms with van der Waals surface area (Å²) in [5.74, 6) is 0.253. The predicted molar refractivity (Wildman–Crippen MR) is 73.9 cm³/mol. The summed E-state index contributed by atoms with van der Waals surface area (Å²) < 4.78 is 0. The van der Waals surface area contributed by atoms with E-state index in [4.69, 9.17) is 28.9 Å². The number of benzene rings is 1. The molecule has 0 aliphatic carbocycles. The largest absolute Gasteiger partial charge is 0.384 e. The van der Waals surface area contributed by atoms with E-state index in [1.54, 1.807) is 18.2 Å². The first kappa shape index (κ1) is 13.1. The molecular weight excluding hydrogens is 271 g/mol. The molecule has 1 atom stereocenters. The van der Waals surface area contributed by atoms with Crippen LogP contribution in [0.4, 0.5) is 5.82 Å². The molecule has 0 amide bonds. The molecule has 0 spiro atoms. The van der Waals surface area contributed by atoms with Crippen LogP contribution in [0.2, 0.25) is 10.0 Å². The van der Waals surface area contributed by atoms with Gasteiger partial charge in [0.1, 0.15) is 11.9 Å². The van der Waals surface area contributed by atoms with Crippen molar-refractivity contribution < 1.29 is 5.11 Å². The smallest absolute Gasteiger partial charge is 0.129 e. The van der Waals surface area contributed by atoms with Gasteiger partial charge in [-0.05, 0) is 30.2 Å². The molecule has 2 rings (SSSR count). The number of aromatic nitrogens is 1. The average Bonchev–Trinajstić information content (AvgIpc) is 2.35. The minimum Gasteiger partial charge on any atom is -0.384 e. The van der Waals surface area contributed by atoms with Crippen molar-refractivity contribution in [2.45, 2.75) is 13.0 Å². The zero-order chi connectivity index (χ0) is 13.3. The van der Waals surface area contributed by atoms with Crippen molar-refractivity contribution in [3.63, 3.8) is 0 Å². The van der Waals surface area contributed by atoms with Gasteiger partial charge < -0.3 is 10.8 Å². The molecule has 0 radical (unpaired) electrons. The monoisotopic (exact) mass is 282 g/mol. The standard InChI is InChI=1S/C13H12Cl2N2O/c1-7-2-3-8(4-11(7)15)12(18)10-5-9(14)6-17-13(10)16/h2-6,12,18H,1H3,(H2,16,17). The fourth-order valence-electron chi connectivity index (χ4n) is 1.64. The molecule has 1 aromatic carbocycles. The van der Waals surface area contributed by atoms with Gasteiger partial charge in [-0.15, -0.1) is 0 Å². The third-order valence-electron chi connectivity index (χ3n) is 2.72. The van der Waals surface area contributed by atoms with Crippen molar-refractivity contribution in [2.75, 3.05) is 5.73 Å². The van der Waals surface area contributed by atoms with Gasteiger partial charge in [0.15, 0.2) is 0 Å². The van der Waals surface area contributed by atoms with Crippen LogP contribution in [0.1, 0.15) is 22.8 Å². The Morgan fingerprint density at radius 1 is 1.28 bits per heavy atom. The molecule has 0 aliphatic heterocycles. The lowest BCUT2D eigenvalue weighted by Crippen LogP contribution is -2.05. The van der Waals surface area contributed by atoms with Gasteiger partial charge in [0.05, 0.1) is 5.02 Å². The number of hydrogen-bond acceptors (Lipinski definition) is 3. The van der Waals surface area contributed by atoms with Gasteiger partial charge in [-0.1, -0.05) is 35.3 Å². The number of nitrogen functional groups attached to an aromatic ring is 1. The second-order valence-electron chi connectivity index (χ2n) is 4.04. The fourth-order valence-corrected chi connectivity index (χ4v) is 2.00. The molecule has 2 aromatic rings. The van der Waals surface area contributed by atoms with Gasteiger partial charge in [0.25, 0.3) is 0 Å². The molecule has 3 nitrogen and oxygen atoms in total. The van der Waals surface area contributed by atoms with Gasteiger partial charge in [0, 0.05) is 16.8 Å². The first-order valence-corrected chi connectivity index (χ1v) is 6.09. The highest BCUT2D eigenvalue weighted by Gasteiger charge is 2.15. The molecule has 3 N–H and O–H groups in total. The third-order valence-corrected chi connectivity index (χ3v) is 3.34. The Morgan fingerprint density at radius 2 is 2.00 bits per heavy atom. The van der Waals surface area contributed by atoms with E-state index in [2.05, 4.69) is 4.98 Å². The van der Waals surface area contributed by atoms with Crippen molar-refractivity contribution >= 4 is 29.0 Å².